The maximum atomic E-state index is 14.1. The molecule has 7 nitrogen and oxygen atoms in total. The summed E-state index contributed by atoms with van der Waals surface area (Å²) in [5.41, 5.74) is 6.62. The van der Waals surface area contributed by atoms with Gasteiger partial charge in [-0.3, -0.25) is 4.90 Å². The van der Waals surface area contributed by atoms with E-state index in [0.717, 1.165) is 12.8 Å². The van der Waals surface area contributed by atoms with E-state index in [1.54, 1.807) is 18.3 Å². The number of nitrogens with zero attached hydrogens (tertiary/aromatic N) is 5. The number of likely N-dealkylation sites (tertiary alicyclic amines) is 1. The molecule has 10 heteroatoms. The van der Waals surface area contributed by atoms with Gasteiger partial charge in [0.1, 0.15) is 23.1 Å². The minimum Gasteiger partial charge on any atom is -0.461 e. The molecule has 1 saturated heterocycles. The van der Waals surface area contributed by atoms with Crippen LogP contribution >= 0.6 is 0 Å². The molecule has 0 amide bonds. The zero-order valence-corrected chi connectivity index (χ0v) is 16.7. The van der Waals surface area contributed by atoms with E-state index in [1.807, 2.05) is 4.90 Å². The maximum absolute atomic E-state index is 14.1. The minimum absolute atomic E-state index is 0.00147. The van der Waals surface area contributed by atoms with Gasteiger partial charge in [-0.2, -0.15) is 0 Å². The van der Waals surface area contributed by atoms with E-state index >= 15 is 0 Å². The summed E-state index contributed by atoms with van der Waals surface area (Å²) in [5, 5.41) is 4.35. The lowest BCUT2D eigenvalue weighted by atomic mass is 10.1. The summed E-state index contributed by atoms with van der Waals surface area (Å²) in [6, 6.07) is 4.61. The number of hydrogen-bond donors (Lipinski definition) is 1. The summed E-state index contributed by atoms with van der Waals surface area (Å²) in [5.74, 6) is 4.38. The van der Waals surface area contributed by atoms with E-state index in [2.05, 4.69) is 26.9 Å². The van der Waals surface area contributed by atoms with Crippen molar-refractivity contribution in [2.24, 2.45) is 0 Å². The Hall–Kier alpha value is -3.84. The normalized spacial score (nSPS) is 16.4. The molecule has 162 valence electrons. The highest BCUT2D eigenvalue weighted by Gasteiger charge is 2.25. The quantitative estimate of drug-likeness (QED) is 0.494. The Morgan fingerprint density at radius 3 is 2.75 bits per heavy atom. The highest BCUT2D eigenvalue weighted by Crippen LogP contribution is 2.24. The van der Waals surface area contributed by atoms with Gasteiger partial charge in [-0.25, -0.2) is 27.7 Å². The Labute approximate surface area is 180 Å². The lowest BCUT2D eigenvalue weighted by Crippen LogP contribution is -2.28. The molecule has 0 aliphatic carbocycles. The predicted octanol–water partition coefficient (Wildman–Crippen LogP) is 3.40. The number of furan rings is 1. The third-order valence-electron chi connectivity index (χ3n) is 5.28. The van der Waals surface area contributed by atoms with Crippen LogP contribution in [0.25, 0.3) is 17.2 Å². The molecule has 0 bridgehead atoms. The van der Waals surface area contributed by atoms with Crippen molar-refractivity contribution in [3.8, 4) is 23.4 Å². The SMILES string of the molecule is Nc1nc(C#C[C@@H]2CCCN2Cc2c(F)cc(F)cc2F)cn2nc(-c3ccco3)nc12. The molecule has 5 rings (SSSR count). The predicted molar refractivity (Wildman–Crippen MR) is 110 cm³/mol. The van der Waals surface area contributed by atoms with Gasteiger partial charge < -0.3 is 10.2 Å². The molecule has 1 atom stereocenters. The molecule has 1 fully saturated rings. The van der Waals surface area contributed by atoms with Gasteiger partial charge in [-0.1, -0.05) is 5.92 Å². The zero-order chi connectivity index (χ0) is 22.2. The first-order valence-electron chi connectivity index (χ1n) is 9.94. The third kappa shape index (κ3) is 3.78. The minimum atomic E-state index is -0.941. The molecule has 0 radical (unpaired) electrons. The van der Waals surface area contributed by atoms with Crippen LogP contribution in [0, 0.1) is 29.3 Å². The van der Waals surface area contributed by atoms with Crippen LogP contribution in [0.15, 0.2) is 41.1 Å². The van der Waals surface area contributed by atoms with E-state index in [0.29, 0.717) is 41.6 Å². The van der Waals surface area contributed by atoms with Crippen LogP contribution in [0.3, 0.4) is 0 Å². The van der Waals surface area contributed by atoms with Crippen molar-refractivity contribution < 1.29 is 17.6 Å². The molecule has 1 aliphatic heterocycles. The Kier molecular flexibility index (Phi) is 5.03. The van der Waals surface area contributed by atoms with Crippen molar-refractivity contribution in [1.29, 1.82) is 0 Å². The first kappa shape index (κ1) is 20.1. The van der Waals surface area contributed by atoms with Gasteiger partial charge >= 0.3 is 0 Å². The second-order valence-electron chi connectivity index (χ2n) is 7.44. The summed E-state index contributed by atoms with van der Waals surface area (Å²) < 4.78 is 48.1. The summed E-state index contributed by atoms with van der Waals surface area (Å²) in [7, 11) is 0. The van der Waals surface area contributed by atoms with Crippen molar-refractivity contribution in [1.82, 2.24) is 24.5 Å². The van der Waals surface area contributed by atoms with Crippen LogP contribution in [0.1, 0.15) is 24.1 Å². The lowest BCUT2D eigenvalue weighted by Gasteiger charge is -2.20. The van der Waals surface area contributed by atoms with E-state index in [4.69, 9.17) is 10.2 Å². The zero-order valence-electron chi connectivity index (χ0n) is 16.7. The van der Waals surface area contributed by atoms with Gasteiger partial charge in [0.15, 0.2) is 17.2 Å². The summed E-state index contributed by atoms with van der Waals surface area (Å²) >= 11 is 0. The Morgan fingerprint density at radius 1 is 1.19 bits per heavy atom. The molecular weight excluding hydrogens is 421 g/mol. The van der Waals surface area contributed by atoms with Crippen LogP contribution in [0.2, 0.25) is 0 Å². The standard InChI is InChI=1S/C22H17F3N6O/c23-13-9-17(24)16(18(25)10-13)12-30-7-1-3-15(30)6-5-14-11-31-22(20(26)27-14)28-21(29-31)19-4-2-8-32-19/h2,4,8-11,15H,1,3,7,12H2,(H2,26,27)/t15-/m0/s1. The Balaban J connectivity index is 1.39. The van der Waals surface area contributed by atoms with Crippen molar-refractivity contribution in [3.05, 3.63) is 65.4 Å². The molecular formula is C22H17F3N6O. The summed E-state index contributed by atoms with van der Waals surface area (Å²) in [6.07, 6.45) is 4.70. The molecule has 3 aromatic heterocycles. The Morgan fingerprint density at radius 2 is 2.00 bits per heavy atom. The number of nitrogens with two attached hydrogens (primary N) is 1. The van der Waals surface area contributed by atoms with Gasteiger partial charge in [-0.05, 0) is 37.4 Å². The number of aromatic nitrogens is 4. The number of hydrogen-bond acceptors (Lipinski definition) is 6. The fraction of sp³-hybridized carbons (Fsp3) is 0.227. The molecule has 4 heterocycles. The second-order valence-corrected chi connectivity index (χ2v) is 7.44. The van der Waals surface area contributed by atoms with Crippen LogP contribution in [0.4, 0.5) is 19.0 Å². The number of fused-ring (bicyclic) bond motifs is 1. The van der Waals surface area contributed by atoms with Crippen molar-refractivity contribution in [2.75, 3.05) is 12.3 Å². The third-order valence-corrected chi connectivity index (χ3v) is 5.28. The van der Waals surface area contributed by atoms with E-state index in [-0.39, 0.29) is 24.0 Å². The summed E-state index contributed by atoms with van der Waals surface area (Å²) in [6.45, 7) is 0.626. The maximum Gasteiger partial charge on any atom is 0.218 e. The molecule has 1 aliphatic rings. The van der Waals surface area contributed by atoms with E-state index in [1.165, 1.54) is 10.8 Å². The number of rotatable bonds is 3. The van der Waals surface area contributed by atoms with E-state index in [9.17, 15) is 13.2 Å². The van der Waals surface area contributed by atoms with Crippen molar-refractivity contribution >= 4 is 11.5 Å². The molecule has 0 saturated carbocycles. The van der Waals surface area contributed by atoms with Gasteiger partial charge in [0.25, 0.3) is 0 Å². The van der Waals surface area contributed by atoms with E-state index < -0.39 is 17.5 Å². The van der Waals surface area contributed by atoms with Gasteiger partial charge in [0.2, 0.25) is 5.82 Å². The first-order valence-corrected chi connectivity index (χ1v) is 9.94. The smallest absolute Gasteiger partial charge is 0.218 e. The Bertz CT molecular complexity index is 1330. The molecule has 32 heavy (non-hydrogen) atoms. The highest BCUT2D eigenvalue weighted by atomic mass is 19.1. The number of benzene rings is 1. The molecule has 0 unspecified atom stereocenters. The number of nitrogen functional groups attached to an aromatic ring is 1. The summed E-state index contributed by atoms with van der Waals surface area (Å²) in [4.78, 5) is 10.5. The highest BCUT2D eigenvalue weighted by molar-refractivity contribution is 5.63. The van der Waals surface area contributed by atoms with Gasteiger partial charge in [0, 0.05) is 24.2 Å². The second kappa shape index (κ2) is 8.01. The molecule has 0 spiro atoms. The largest absolute Gasteiger partial charge is 0.461 e. The van der Waals surface area contributed by atoms with Crippen molar-refractivity contribution in [3.63, 3.8) is 0 Å². The fourth-order valence-corrected chi connectivity index (χ4v) is 3.75. The van der Waals surface area contributed by atoms with Crippen LogP contribution in [-0.4, -0.2) is 37.1 Å². The first-order chi connectivity index (χ1) is 15.5. The van der Waals surface area contributed by atoms with Crippen molar-refractivity contribution in [2.45, 2.75) is 25.4 Å². The number of halogens is 3. The monoisotopic (exact) mass is 438 g/mol. The van der Waals surface area contributed by atoms with Crippen LogP contribution in [0.5, 0.6) is 0 Å². The van der Waals surface area contributed by atoms with Gasteiger partial charge in [-0.15, -0.1) is 5.10 Å². The fourth-order valence-electron chi connectivity index (χ4n) is 3.75. The molecule has 2 N–H and O–H groups in total. The lowest BCUT2D eigenvalue weighted by molar-refractivity contribution is 0.278. The van der Waals surface area contributed by atoms with Crippen LogP contribution in [-0.2, 0) is 6.54 Å². The number of anilines is 1. The molecule has 1 aromatic carbocycles. The average Bonchev–Trinajstić information content (AvgIpc) is 3.49. The van der Waals surface area contributed by atoms with Gasteiger partial charge in [0.05, 0.1) is 18.5 Å². The molecule has 4 aromatic rings. The van der Waals surface area contributed by atoms with Crippen LogP contribution < -0.4 is 5.73 Å². The average molecular weight is 438 g/mol. The topological polar surface area (TPSA) is 85.5 Å².